The Balaban J connectivity index is 0.000000172. The normalized spacial score (nSPS) is 33.4. The highest BCUT2D eigenvalue weighted by atomic mass is 16.6. The smallest absolute Gasteiger partial charge is 0.409 e. The van der Waals surface area contributed by atoms with Crippen LogP contribution in [0, 0.1) is 16.7 Å². The van der Waals surface area contributed by atoms with Crippen molar-refractivity contribution >= 4 is 24.1 Å². The van der Waals surface area contributed by atoms with Crippen LogP contribution in [0.1, 0.15) is 123 Å². The molecule has 0 aromatic heterocycles. The summed E-state index contributed by atoms with van der Waals surface area (Å²) in [4.78, 5) is 62.0. The maximum Gasteiger partial charge on any atom is 0.409 e. The lowest BCUT2D eigenvalue weighted by Crippen LogP contribution is -2.56. The second kappa shape index (κ2) is 18.4. The van der Waals surface area contributed by atoms with Crippen molar-refractivity contribution in [3.63, 3.8) is 0 Å². The van der Waals surface area contributed by atoms with Gasteiger partial charge in [-0.25, -0.2) is 14.4 Å². The Kier molecular flexibility index (Phi) is 13.6. The predicted molar refractivity (Wildman–Crippen MR) is 215 cm³/mol. The number of ether oxygens (including phenoxy) is 2. The molecule has 1 unspecified atom stereocenters. The van der Waals surface area contributed by atoms with Crippen LogP contribution < -0.4 is 5.32 Å². The van der Waals surface area contributed by atoms with Gasteiger partial charge in [-0.1, -0.05) is 6.42 Å². The van der Waals surface area contributed by atoms with Crippen LogP contribution in [0.2, 0.25) is 0 Å². The van der Waals surface area contributed by atoms with Crippen molar-refractivity contribution in [1.82, 2.24) is 34.7 Å². The van der Waals surface area contributed by atoms with Gasteiger partial charge < -0.3 is 44.2 Å². The lowest BCUT2D eigenvalue weighted by atomic mass is 9.64. The van der Waals surface area contributed by atoms with Crippen LogP contribution in [0.4, 0.5) is 14.4 Å². The number of carbonyl (C=O) groups is 4. The Bertz CT molecular complexity index is 1350. The lowest BCUT2D eigenvalue weighted by Gasteiger charge is -2.52. The molecule has 0 radical (unpaired) electrons. The van der Waals surface area contributed by atoms with Gasteiger partial charge in [0.2, 0.25) is 5.91 Å². The number of amides is 5. The molecule has 6 aliphatic heterocycles. The van der Waals surface area contributed by atoms with E-state index in [2.05, 4.69) is 24.9 Å². The highest BCUT2D eigenvalue weighted by Crippen LogP contribution is 2.52. The van der Waals surface area contributed by atoms with Gasteiger partial charge in [-0.05, 0) is 140 Å². The summed E-state index contributed by atoms with van der Waals surface area (Å²) in [5, 5.41) is 2.84. The summed E-state index contributed by atoms with van der Waals surface area (Å²) >= 11 is 0. The van der Waals surface area contributed by atoms with E-state index in [1.165, 1.54) is 57.8 Å². The van der Waals surface area contributed by atoms with E-state index in [4.69, 9.17) is 9.47 Å². The van der Waals surface area contributed by atoms with Gasteiger partial charge in [0.1, 0.15) is 0 Å². The average molecular weight is 784 g/mol. The van der Waals surface area contributed by atoms with E-state index in [9.17, 15) is 19.2 Å². The standard InChI is InChI=1S/C22H38N4O3.C21H35N3O3/c1-3-29-21(28)25-13-9-22(16-25)14-18(15-22)24-11-7-17(8-12-24)19-6-4-5-10-26(19)20(27)23-2;1-2-27-20(26)23-13-9-21(16-23)14-18(15-21)22-11-7-17(8-12-22)24-10-5-3-4-6-19(24)25/h17-19H,3-16H2,1-2H3,(H,23,27);17-18H,2-16H2,1H3. The van der Waals surface area contributed by atoms with Crippen molar-refractivity contribution in [2.45, 2.75) is 147 Å². The fourth-order valence-electron chi connectivity index (χ4n) is 12.1. The van der Waals surface area contributed by atoms with Gasteiger partial charge in [-0.3, -0.25) is 4.79 Å². The van der Waals surface area contributed by atoms with Crippen LogP contribution in [-0.2, 0) is 14.3 Å². The number of hydrogen-bond acceptors (Lipinski definition) is 8. The Labute approximate surface area is 336 Å². The minimum Gasteiger partial charge on any atom is -0.450 e. The summed E-state index contributed by atoms with van der Waals surface area (Å²) in [5.74, 6) is 1.03. The van der Waals surface area contributed by atoms with E-state index in [-0.39, 0.29) is 18.2 Å². The number of nitrogens with zero attached hydrogens (tertiary/aromatic N) is 6. The third-order valence-electron chi connectivity index (χ3n) is 15.3. The molecule has 13 nitrogen and oxygen atoms in total. The minimum atomic E-state index is -0.138. The maximum absolute atomic E-state index is 12.4. The zero-order chi connectivity index (χ0) is 39.3. The number of piperidine rings is 3. The topological polar surface area (TPSA) is 118 Å². The Morgan fingerprint density at radius 2 is 1.18 bits per heavy atom. The van der Waals surface area contributed by atoms with Gasteiger partial charge >= 0.3 is 18.2 Å². The Morgan fingerprint density at radius 1 is 0.643 bits per heavy atom. The monoisotopic (exact) mass is 784 g/mol. The average Bonchev–Trinajstić information content (AvgIpc) is 3.80. The number of urea groups is 1. The third-order valence-corrected chi connectivity index (χ3v) is 15.3. The largest absolute Gasteiger partial charge is 0.450 e. The van der Waals surface area contributed by atoms with Crippen LogP contribution >= 0.6 is 0 Å². The summed E-state index contributed by atoms with van der Waals surface area (Å²) in [5.41, 5.74) is 0.683. The first kappa shape index (κ1) is 41.4. The molecule has 13 heteroatoms. The first-order valence-corrected chi connectivity index (χ1v) is 22.7. The Hall–Kier alpha value is -2.80. The molecule has 8 fully saturated rings. The zero-order valence-electron chi connectivity index (χ0n) is 35.0. The zero-order valence-corrected chi connectivity index (χ0v) is 35.0. The van der Waals surface area contributed by atoms with Crippen molar-refractivity contribution in [3.05, 3.63) is 0 Å². The van der Waals surface area contributed by atoms with E-state index in [0.29, 0.717) is 60.0 Å². The summed E-state index contributed by atoms with van der Waals surface area (Å²) < 4.78 is 10.3. The van der Waals surface area contributed by atoms with Crippen LogP contribution in [0.15, 0.2) is 0 Å². The second-order valence-electron chi connectivity index (χ2n) is 18.7. The van der Waals surface area contributed by atoms with Crippen LogP contribution in [0.5, 0.6) is 0 Å². The number of carbonyl (C=O) groups excluding carboxylic acids is 4. The third kappa shape index (κ3) is 9.24. The van der Waals surface area contributed by atoms with Gasteiger partial charge in [0.25, 0.3) is 0 Å². The second-order valence-corrected chi connectivity index (χ2v) is 18.7. The minimum absolute atomic E-state index is 0.102. The molecule has 2 saturated carbocycles. The van der Waals surface area contributed by atoms with Crippen molar-refractivity contribution < 1.29 is 28.7 Å². The van der Waals surface area contributed by atoms with Crippen molar-refractivity contribution in [2.75, 3.05) is 85.7 Å². The molecule has 0 aromatic rings. The lowest BCUT2D eigenvalue weighted by molar-refractivity contribution is -0.134. The van der Waals surface area contributed by atoms with Crippen molar-refractivity contribution in [1.29, 1.82) is 0 Å². The van der Waals surface area contributed by atoms with Crippen LogP contribution in [0.25, 0.3) is 0 Å². The molecule has 5 amide bonds. The first-order chi connectivity index (χ1) is 27.1. The quantitative estimate of drug-likeness (QED) is 0.361. The fraction of sp³-hybridized carbons (Fsp3) is 0.907. The van der Waals surface area contributed by atoms with Gasteiger partial charge in [-0.2, -0.15) is 0 Å². The molecule has 0 aromatic carbocycles. The molecule has 1 N–H and O–H groups in total. The maximum atomic E-state index is 12.4. The van der Waals surface area contributed by atoms with Gasteiger partial charge in [0.15, 0.2) is 0 Å². The summed E-state index contributed by atoms with van der Waals surface area (Å²) in [7, 11) is 1.75. The van der Waals surface area contributed by atoms with Crippen LogP contribution in [0.3, 0.4) is 0 Å². The van der Waals surface area contributed by atoms with Gasteiger partial charge in [0.05, 0.1) is 13.2 Å². The molecule has 1 atom stereocenters. The van der Waals surface area contributed by atoms with E-state index in [1.807, 2.05) is 23.6 Å². The van der Waals surface area contributed by atoms with Gasteiger partial charge in [0, 0.05) is 90.0 Å². The van der Waals surface area contributed by atoms with Crippen LogP contribution in [-0.4, -0.2) is 163 Å². The molecule has 56 heavy (non-hydrogen) atoms. The van der Waals surface area contributed by atoms with E-state index in [1.54, 1.807) is 7.05 Å². The number of nitrogens with one attached hydrogen (secondary N) is 1. The predicted octanol–water partition coefficient (Wildman–Crippen LogP) is 5.77. The molecular formula is C43H73N7O6. The molecule has 2 spiro atoms. The highest BCUT2D eigenvalue weighted by molar-refractivity contribution is 5.76. The van der Waals surface area contributed by atoms with E-state index in [0.717, 1.165) is 117 Å². The molecule has 8 rings (SSSR count). The molecule has 8 aliphatic rings. The highest BCUT2D eigenvalue weighted by Gasteiger charge is 2.53. The molecular weight excluding hydrogens is 711 g/mol. The number of rotatable bonds is 6. The number of hydrogen-bond donors (Lipinski definition) is 1. The van der Waals surface area contributed by atoms with E-state index >= 15 is 0 Å². The SMILES string of the molecule is CCOC(=O)N1CCC2(CC(N3CCC(C4CCCCN4C(=O)NC)CC3)C2)C1.CCOC(=O)N1CCC2(CC(N3CCC(N4CCCCCC4=O)CC3)C2)C1. The molecule has 316 valence electrons. The fourth-order valence-corrected chi connectivity index (χ4v) is 12.1. The molecule has 2 aliphatic carbocycles. The summed E-state index contributed by atoms with van der Waals surface area (Å²) in [6, 6.07) is 2.34. The first-order valence-electron chi connectivity index (χ1n) is 22.7. The van der Waals surface area contributed by atoms with E-state index < -0.39 is 0 Å². The van der Waals surface area contributed by atoms with Crippen molar-refractivity contribution in [2.24, 2.45) is 16.7 Å². The van der Waals surface area contributed by atoms with Crippen molar-refractivity contribution in [3.8, 4) is 0 Å². The summed E-state index contributed by atoms with van der Waals surface area (Å²) in [6.07, 6.45) is 19.3. The molecule has 6 saturated heterocycles. The molecule has 0 bridgehead atoms. The number of likely N-dealkylation sites (tertiary alicyclic amines) is 6. The Morgan fingerprint density at radius 3 is 1.71 bits per heavy atom. The van der Waals surface area contributed by atoms with Gasteiger partial charge in [-0.15, -0.1) is 0 Å². The molecule has 6 heterocycles. The summed E-state index contributed by atoms with van der Waals surface area (Å²) in [6.45, 7) is 14.5.